The molecule has 1 amide bonds. The van der Waals surface area contributed by atoms with Gasteiger partial charge in [0.2, 0.25) is 15.2 Å². The molecular weight excluding hydrogens is 585 g/mol. The summed E-state index contributed by atoms with van der Waals surface area (Å²) in [6.07, 6.45) is 1.72. The summed E-state index contributed by atoms with van der Waals surface area (Å²) in [5, 5.41) is 16.2. The van der Waals surface area contributed by atoms with Crippen molar-refractivity contribution in [2.45, 2.75) is 17.9 Å². The molecule has 6 rings (SSSR count). The zero-order valence-corrected chi connectivity index (χ0v) is 23.2. The van der Waals surface area contributed by atoms with Gasteiger partial charge in [-0.25, -0.2) is 17.8 Å². The monoisotopic (exact) mass is 605 g/mol. The number of aromatic nitrogens is 1. The van der Waals surface area contributed by atoms with Crippen LogP contribution in [0.2, 0.25) is 0 Å². The average Bonchev–Trinajstić information content (AvgIpc) is 3.64. The number of hydrogen-bond acceptors (Lipinski definition) is 9. The van der Waals surface area contributed by atoms with Crippen molar-refractivity contribution in [3.63, 3.8) is 0 Å². The van der Waals surface area contributed by atoms with Gasteiger partial charge >= 0.3 is 5.88 Å². The maximum atomic E-state index is 13.8. The summed E-state index contributed by atoms with van der Waals surface area (Å²) < 4.78 is 47.5. The predicted molar refractivity (Wildman–Crippen MR) is 154 cm³/mol. The van der Waals surface area contributed by atoms with Gasteiger partial charge in [0.25, 0.3) is 5.91 Å². The number of carbonyl (C=O) groups is 1. The van der Waals surface area contributed by atoms with Crippen molar-refractivity contribution in [2.24, 2.45) is 5.10 Å². The number of benzene rings is 3. The van der Waals surface area contributed by atoms with Gasteiger partial charge in [0.05, 0.1) is 27.4 Å². The van der Waals surface area contributed by atoms with E-state index in [1.54, 1.807) is 0 Å². The van der Waals surface area contributed by atoms with Crippen molar-refractivity contribution in [3.8, 4) is 0 Å². The zero-order valence-electron chi connectivity index (χ0n) is 21.6. The SMILES string of the molecule is O=C(c1ccc(S(=O)(=O)N2CCc3ccccc3C2)cc1)N(/N=C/c1ccc([N+](=O)[O-])o1)c1nc2ccc(F)cc2s1. The maximum Gasteiger partial charge on any atom is 0.433 e. The second-order valence-electron chi connectivity index (χ2n) is 9.28. The number of nitro groups is 1. The minimum atomic E-state index is -3.83. The number of carbonyl (C=O) groups excluding carboxylic acids is 1. The Morgan fingerprint density at radius 1 is 1.10 bits per heavy atom. The number of anilines is 1. The Bertz CT molecular complexity index is 1970. The van der Waals surface area contributed by atoms with E-state index in [0.717, 1.165) is 39.8 Å². The molecule has 1 aliphatic rings. The second kappa shape index (κ2) is 10.9. The van der Waals surface area contributed by atoms with Crippen LogP contribution in [0.25, 0.3) is 10.2 Å². The third kappa shape index (κ3) is 5.30. The standard InChI is InChI=1S/C28H20FN5O6S2/c29-21-7-11-24-25(15-21)41-28(31-24)33(30-16-22-8-12-26(40-22)34(36)37)27(35)19-5-9-23(10-6-19)42(38,39)32-14-13-18-3-1-2-4-20(18)17-32/h1-12,15-16H,13-14,17H2/b30-16+. The Morgan fingerprint density at radius 3 is 2.60 bits per heavy atom. The number of nitrogens with zero attached hydrogens (tertiary/aromatic N) is 5. The fourth-order valence-electron chi connectivity index (χ4n) is 4.51. The van der Waals surface area contributed by atoms with Crippen LogP contribution in [0.15, 0.2) is 93.3 Å². The number of hydrogen-bond donors (Lipinski definition) is 0. The maximum absolute atomic E-state index is 13.8. The molecule has 14 heteroatoms. The molecule has 11 nitrogen and oxygen atoms in total. The molecule has 0 unspecified atom stereocenters. The van der Waals surface area contributed by atoms with Crippen molar-refractivity contribution in [3.05, 3.63) is 117 Å². The van der Waals surface area contributed by atoms with Gasteiger partial charge in [-0.3, -0.25) is 14.9 Å². The summed E-state index contributed by atoms with van der Waals surface area (Å²) in [7, 11) is -3.83. The lowest BCUT2D eigenvalue weighted by molar-refractivity contribution is -0.402. The molecule has 0 saturated heterocycles. The quantitative estimate of drug-likeness (QED) is 0.138. The molecule has 0 aliphatic carbocycles. The van der Waals surface area contributed by atoms with Crippen LogP contribution in [-0.2, 0) is 23.0 Å². The third-order valence-corrected chi connectivity index (χ3v) is 9.49. The molecule has 0 atom stereocenters. The van der Waals surface area contributed by atoms with Gasteiger partial charge < -0.3 is 4.42 Å². The molecule has 0 bridgehead atoms. The van der Waals surface area contributed by atoms with Gasteiger partial charge in [-0.15, -0.1) is 0 Å². The number of amides is 1. The Labute approximate surface area is 242 Å². The molecule has 1 aliphatic heterocycles. The Hall–Kier alpha value is -4.79. The first-order chi connectivity index (χ1) is 20.2. The van der Waals surface area contributed by atoms with E-state index in [-0.39, 0.29) is 27.9 Å². The number of sulfonamides is 1. The predicted octanol–water partition coefficient (Wildman–Crippen LogP) is 5.36. The fourth-order valence-corrected chi connectivity index (χ4v) is 6.87. The van der Waals surface area contributed by atoms with E-state index < -0.39 is 32.6 Å². The smallest absolute Gasteiger partial charge is 0.400 e. The minimum Gasteiger partial charge on any atom is -0.400 e. The first-order valence-corrected chi connectivity index (χ1v) is 14.8. The molecule has 5 aromatic rings. The van der Waals surface area contributed by atoms with Gasteiger partial charge in [-0.05, 0) is 66.1 Å². The molecule has 3 aromatic carbocycles. The summed E-state index contributed by atoms with van der Waals surface area (Å²) in [6.45, 7) is 0.594. The first-order valence-electron chi connectivity index (χ1n) is 12.5. The molecule has 0 saturated carbocycles. The summed E-state index contributed by atoms with van der Waals surface area (Å²) >= 11 is 1.01. The topological polar surface area (TPSA) is 139 Å². The number of hydrazone groups is 1. The molecule has 2 aromatic heterocycles. The van der Waals surface area contributed by atoms with Gasteiger partial charge in [-0.2, -0.15) is 14.4 Å². The van der Waals surface area contributed by atoms with Crippen LogP contribution in [0.1, 0.15) is 27.2 Å². The van der Waals surface area contributed by atoms with Crippen molar-refractivity contribution >= 4 is 54.7 Å². The number of rotatable bonds is 7. The van der Waals surface area contributed by atoms with Crippen LogP contribution in [0.3, 0.4) is 0 Å². The Balaban J connectivity index is 1.30. The number of furan rings is 1. The van der Waals surface area contributed by atoms with Crippen molar-refractivity contribution in [2.75, 3.05) is 11.6 Å². The van der Waals surface area contributed by atoms with E-state index in [1.807, 2.05) is 24.3 Å². The Morgan fingerprint density at radius 2 is 1.86 bits per heavy atom. The highest BCUT2D eigenvalue weighted by Gasteiger charge is 2.29. The molecular formula is C28H20FN5O6S2. The highest BCUT2D eigenvalue weighted by atomic mass is 32.2. The van der Waals surface area contributed by atoms with Crippen molar-refractivity contribution in [1.82, 2.24) is 9.29 Å². The largest absolute Gasteiger partial charge is 0.433 e. The summed E-state index contributed by atoms with van der Waals surface area (Å²) in [6, 6.07) is 19.6. The fraction of sp³-hybridized carbons (Fsp3) is 0.107. The van der Waals surface area contributed by atoms with E-state index in [0.29, 0.717) is 23.2 Å². The van der Waals surface area contributed by atoms with Gasteiger partial charge in [-0.1, -0.05) is 35.6 Å². The van der Waals surface area contributed by atoms with Gasteiger partial charge in [0.1, 0.15) is 10.7 Å². The van der Waals surface area contributed by atoms with E-state index >= 15 is 0 Å². The first kappa shape index (κ1) is 27.4. The molecule has 0 N–H and O–H groups in total. The number of fused-ring (bicyclic) bond motifs is 2. The van der Waals surface area contributed by atoms with Gasteiger partial charge in [0.15, 0.2) is 5.76 Å². The van der Waals surface area contributed by atoms with E-state index in [4.69, 9.17) is 4.42 Å². The van der Waals surface area contributed by atoms with Crippen LogP contribution in [0.4, 0.5) is 15.4 Å². The number of thiazole rings is 1. The van der Waals surface area contributed by atoms with Crippen molar-refractivity contribution < 1.29 is 26.9 Å². The lowest BCUT2D eigenvalue weighted by Gasteiger charge is -2.28. The Kier molecular flexibility index (Phi) is 7.10. The van der Waals surface area contributed by atoms with E-state index in [2.05, 4.69) is 10.1 Å². The van der Waals surface area contributed by atoms with Crippen LogP contribution in [0, 0.1) is 15.9 Å². The zero-order chi connectivity index (χ0) is 29.4. The summed E-state index contributed by atoms with van der Waals surface area (Å²) in [5.74, 6) is -1.63. The minimum absolute atomic E-state index is 0.0104. The lowest BCUT2D eigenvalue weighted by atomic mass is 10.0. The molecule has 0 spiro atoms. The third-order valence-electron chi connectivity index (χ3n) is 6.64. The van der Waals surface area contributed by atoms with E-state index in [1.165, 1.54) is 52.8 Å². The highest BCUT2D eigenvalue weighted by molar-refractivity contribution is 7.89. The lowest BCUT2D eigenvalue weighted by Crippen LogP contribution is -2.36. The number of halogens is 1. The van der Waals surface area contributed by atoms with Crippen molar-refractivity contribution in [1.29, 1.82) is 0 Å². The average molecular weight is 606 g/mol. The molecule has 3 heterocycles. The summed E-state index contributed by atoms with van der Waals surface area (Å²) in [5.41, 5.74) is 2.60. The van der Waals surface area contributed by atoms with Crippen LogP contribution < -0.4 is 5.01 Å². The van der Waals surface area contributed by atoms with Gasteiger partial charge in [0, 0.05) is 18.7 Å². The highest BCUT2D eigenvalue weighted by Crippen LogP contribution is 2.31. The molecule has 0 fully saturated rings. The van der Waals surface area contributed by atoms with E-state index in [9.17, 15) is 27.7 Å². The normalized spacial score (nSPS) is 13.8. The molecule has 0 radical (unpaired) electrons. The second-order valence-corrected chi connectivity index (χ2v) is 12.2. The molecule has 212 valence electrons. The molecule has 42 heavy (non-hydrogen) atoms. The summed E-state index contributed by atoms with van der Waals surface area (Å²) in [4.78, 5) is 28.3. The van der Waals surface area contributed by atoms with Crippen LogP contribution >= 0.6 is 11.3 Å². The van der Waals surface area contributed by atoms with Crippen LogP contribution in [-0.4, -0.2) is 41.3 Å². The van der Waals surface area contributed by atoms with Crippen LogP contribution in [0.5, 0.6) is 0 Å².